The van der Waals surface area contributed by atoms with Gasteiger partial charge in [0.25, 0.3) is 0 Å². The third kappa shape index (κ3) is 2.70. The Labute approximate surface area is 76.4 Å². The fraction of sp³-hybridized carbons (Fsp3) is 0.375. The number of amides is 1. The highest BCUT2D eigenvalue weighted by Crippen LogP contribution is 1.98. The highest BCUT2D eigenvalue weighted by molar-refractivity contribution is 5.86. The van der Waals surface area contributed by atoms with Gasteiger partial charge in [-0.2, -0.15) is 0 Å². The van der Waals surface area contributed by atoms with Crippen molar-refractivity contribution in [2.75, 3.05) is 6.54 Å². The molecule has 1 N–H and O–H groups in total. The lowest BCUT2D eigenvalue weighted by molar-refractivity contribution is -0.116. The van der Waals surface area contributed by atoms with E-state index in [9.17, 15) is 4.79 Å². The Morgan fingerprint density at radius 1 is 1.85 bits per heavy atom. The van der Waals surface area contributed by atoms with Gasteiger partial charge in [-0.3, -0.25) is 4.79 Å². The maximum atomic E-state index is 10.8. The molecule has 5 nitrogen and oxygen atoms in total. The molecule has 0 bridgehead atoms. The van der Waals surface area contributed by atoms with Crippen LogP contribution in [0.15, 0.2) is 25.0 Å². The van der Waals surface area contributed by atoms with Crippen LogP contribution in [0.25, 0.3) is 0 Å². The topological polar surface area (TPSA) is 59.8 Å². The summed E-state index contributed by atoms with van der Waals surface area (Å²) in [5.41, 5.74) is 0. The lowest BCUT2D eigenvalue weighted by atomic mass is 10.3. The van der Waals surface area contributed by atoms with Gasteiger partial charge in [0.05, 0.1) is 12.2 Å². The molecule has 5 heteroatoms. The summed E-state index contributed by atoms with van der Waals surface area (Å²) >= 11 is 0. The van der Waals surface area contributed by atoms with Crippen molar-refractivity contribution < 1.29 is 4.79 Å². The molecule has 0 radical (unpaired) electrons. The molecule has 1 rings (SSSR count). The number of hydrogen-bond donors (Lipinski definition) is 1. The van der Waals surface area contributed by atoms with Gasteiger partial charge in [0, 0.05) is 12.7 Å². The zero-order valence-electron chi connectivity index (χ0n) is 7.47. The van der Waals surface area contributed by atoms with Gasteiger partial charge in [-0.05, 0) is 13.0 Å². The van der Waals surface area contributed by atoms with Crippen molar-refractivity contribution in [3.8, 4) is 0 Å². The minimum Gasteiger partial charge on any atom is -0.350 e. The van der Waals surface area contributed by atoms with E-state index in [0.717, 1.165) is 0 Å². The Balaban J connectivity index is 2.38. The Kier molecular flexibility index (Phi) is 3.19. The van der Waals surface area contributed by atoms with Gasteiger partial charge < -0.3 is 5.32 Å². The molecule has 0 aliphatic carbocycles. The van der Waals surface area contributed by atoms with Crippen molar-refractivity contribution in [1.29, 1.82) is 0 Å². The van der Waals surface area contributed by atoms with Crippen LogP contribution in [0.5, 0.6) is 0 Å². The smallest absolute Gasteiger partial charge is 0.243 e. The van der Waals surface area contributed by atoms with E-state index in [1.807, 2.05) is 6.92 Å². The fourth-order valence-electron chi connectivity index (χ4n) is 0.866. The molecule has 1 aromatic heterocycles. The lowest BCUT2D eigenvalue weighted by Crippen LogP contribution is -2.28. The van der Waals surface area contributed by atoms with Crippen LogP contribution in [-0.4, -0.2) is 27.4 Å². The summed E-state index contributed by atoms with van der Waals surface area (Å²) in [6.07, 6.45) is 4.60. The molecule has 0 unspecified atom stereocenters. The number of carbonyl (C=O) groups is 1. The summed E-state index contributed by atoms with van der Waals surface area (Å²) in [6.45, 7) is 5.82. The molecule has 0 aliphatic heterocycles. The number of nitrogens with zero attached hydrogens (tertiary/aromatic N) is 3. The molecular formula is C8H12N4O. The van der Waals surface area contributed by atoms with Crippen LogP contribution in [-0.2, 0) is 4.79 Å². The predicted molar refractivity (Wildman–Crippen MR) is 47.9 cm³/mol. The molecule has 1 heterocycles. The Morgan fingerprint density at radius 3 is 3.15 bits per heavy atom. The van der Waals surface area contributed by atoms with Crippen LogP contribution >= 0.6 is 0 Å². The van der Waals surface area contributed by atoms with E-state index in [4.69, 9.17) is 0 Å². The predicted octanol–water partition coefficient (Wildman–Crippen LogP) is 0.141. The summed E-state index contributed by atoms with van der Waals surface area (Å²) in [4.78, 5) is 10.8. The minimum atomic E-state index is -0.174. The summed E-state index contributed by atoms with van der Waals surface area (Å²) in [5.74, 6) is -0.174. The molecule has 0 saturated heterocycles. The van der Waals surface area contributed by atoms with Crippen LogP contribution < -0.4 is 5.32 Å². The van der Waals surface area contributed by atoms with E-state index in [-0.39, 0.29) is 11.9 Å². The van der Waals surface area contributed by atoms with E-state index in [2.05, 4.69) is 22.2 Å². The first-order chi connectivity index (χ1) is 6.24. The van der Waals surface area contributed by atoms with E-state index in [1.165, 1.54) is 6.08 Å². The van der Waals surface area contributed by atoms with Gasteiger partial charge >= 0.3 is 0 Å². The average molecular weight is 180 g/mol. The maximum Gasteiger partial charge on any atom is 0.243 e. The molecule has 70 valence electrons. The first kappa shape index (κ1) is 9.44. The fourth-order valence-corrected chi connectivity index (χ4v) is 0.866. The SMILES string of the molecule is C=CC(=O)NC[C@@H](C)n1ccnn1. The van der Waals surface area contributed by atoms with E-state index in [0.29, 0.717) is 6.54 Å². The number of hydrogen-bond acceptors (Lipinski definition) is 3. The van der Waals surface area contributed by atoms with Crippen molar-refractivity contribution in [1.82, 2.24) is 20.3 Å². The minimum absolute atomic E-state index is 0.103. The zero-order valence-corrected chi connectivity index (χ0v) is 7.47. The molecule has 0 aromatic carbocycles. The lowest BCUT2D eigenvalue weighted by Gasteiger charge is -2.10. The summed E-state index contributed by atoms with van der Waals surface area (Å²) in [7, 11) is 0. The van der Waals surface area contributed by atoms with Crippen molar-refractivity contribution in [3.63, 3.8) is 0 Å². The van der Waals surface area contributed by atoms with Crippen LogP contribution in [0.1, 0.15) is 13.0 Å². The van der Waals surface area contributed by atoms with Crippen molar-refractivity contribution >= 4 is 5.91 Å². The molecule has 0 spiro atoms. The number of rotatable bonds is 4. The van der Waals surface area contributed by atoms with Crippen LogP contribution in [0.3, 0.4) is 0 Å². The number of nitrogens with one attached hydrogen (secondary N) is 1. The largest absolute Gasteiger partial charge is 0.350 e. The van der Waals surface area contributed by atoms with Gasteiger partial charge in [-0.25, -0.2) is 4.68 Å². The highest BCUT2D eigenvalue weighted by Gasteiger charge is 2.04. The van der Waals surface area contributed by atoms with Gasteiger partial charge in [-0.15, -0.1) is 5.10 Å². The molecule has 0 fully saturated rings. The molecular weight excluding hydrogens is 168 g/mol. The molecule has 1 atom stereocenters. The number of aromatic nitrogens is 3. The van der Waals surface area contributed by atoms with E-state index >= 15 is 0 Å². The third-order valence-corrected chi connectivity index (χ3v) is 1.65. The molecule has 0 aliphatic rings. The van der Waals surface area contributed by atoms with E-state index < -0.39 is 0 Å². The summed E-state index contributed by atoms with van der Waals surface area (Å²) in [6, 6.07) is 0.103. The first-order valence-corrected chi connectivity index (χ1v) is 4.00. The normalized spacial score (nSPS) is 12.1. The number of carbonyl (C=O) groups excluding carboxylic acids is 1. The zero-order chi connectivity index (χ0) is 9.68. The molecule has 13 heavy (non-hydrogen) atoms. The standard InChI is InChI=1S/C8H12N4O/c1-3-8(13)9-6-7(2)12-5-4-10-11-12/h3-5,7H,1,6H2,2H3,(H,9,13)/t7-/m1/s1. The van der Waals surface area contributed by atoms with Gasteiger partial charge in [0.1, 0.15) is 0 Å². The van der Waals surface area contributed by atoms with Crippen LogP contribution in [0, 0.1) is 0 Å². The van der Waals surface area contributed by atoms with E-state index in [1.54, 1.807) is 17.1 Å². The molecule has 0 saturated carbocycles. The quantitative estimate of drug-likeness (QED) is 0.670. The Bertz CT molecular complexity index is 280. The van der Waals surface area contributed by atoms with Gasteiger partial charge in [0.2, 0.25) is 5.91 Å². The van der Waals surface area contributed by atoms with Crippen LogP contribution in [0.2, 0.25) is 0 Å². The van der Waals surface area contributed by atoms with Crippen molar-refractivity contribution in [2.24, 2.45) is 0 Å². The highest BCUT2D eigenvalue weighted by atomic mass is 16.1. The molecule has 1 aromatic rings. The maximum absolute atomic E-state index is 10.8. The summed E-state index contributed by atoms with van der Waals surface area (Å²) in [5, 5.41) is 10.2. The third-order valence-electron chi connectivity index (χ3n) is 1.65. The molecule has 1 amide bonds. The first-order valence-electron chi connectivity index (χ1n) is 4.00. The monoisotopic (exact) mass is 180 g/mol. The van der Waals surface area contributed by atoms with Gasteiger partial charge in [-0.1, -0.05) is 11.8 Å². The average Bonchev–Trinajstić information content (AvgIpc) is 2.66. The Hall–Kier alpha value is -1.65. The second-order valence-corrected chi connectivity index (χ2v) is 2.68. The second kappa shape index (κ2) is 4.39. The second-order valence-electron chi connectivity index (χ2n) is 2.68. The summed E-state index contributed by atoms with van der Waals surface area (Å²) < 4.78 is 1.68. The van der Waals surface area contributed by atoms with Gasteiger partial charge in [0.15, 0.2) is 0 Å². The van der Waals surface area contributed by atoms with Crippen molar-refractivity contribution in [2.45, 2.75) is 13.0 Å². The Morgan fingerprint density at radius 2 is 2.62 bits per heavy atom. The van der Waals surface area contributed by atoms with Crippen LogP contribution in [0.4, 0.5) is 0 Å². The van der Waals surface area contributed by atoms with Crippen molar-refractivity contribution in [3.05, 3.63) is 25.0 Å².